The van der Waals surface area contributed by atoms with Gasteiger partial charge in [-0.05, 0) is 45.8 Å². The van der Waals surface area contributed by atoms with Gasteiger partial charge in [0.1, 0.15) is 12.4 Å². The molecule has 7 heteroatoms. The Bertz CT molecular complexity index is 784. The number of hydrogen-bond acceptors (Lipinski definition) is 4. The molecule has 0 atom stereocenters. The zero-order valence-electron chi connectivity index (χ0n) is 12.0. The van der Waals surface area contributed by atoms with E-state index in [4.69, 9.17) is 15.7 Å². The number of amides is 2. The number of benzene rings is 2. The first-order chi connectivity index (χ1) is 11.1. The minimum absolute atomic E-state index is 0.291. The average Bonchev–Trinajstić information content (AvgIpc) is 2.54. The second kappa shape index (κ2) is 7.96. The molecule has 2 aromatic carbocycles. The lowest BCUT2D eigenvalue weighted by atomic mass is 10.1. The Hall–Kier alpha value is -2.85. The summed E-state index contributed by atoms with van der Waals surface area (Å²) in [5, 5.41) is 12.7. The molecule has 0 fully saturated rings. The van der Waals surface area contributed by atoms with Crippen LogP contribution in [0.5, 0.6) is 5.75 Å². The second-order valence-corrected chi connectivity index (χ2v) is 5.34. The molecule has 0 aliphatic carbocycles. The molecule has 0 spiro atoms. The number of ether oxygens (including phenoxy) is 1. The van der Waals surface area contributed by atoms with Gasteiger partial charge in [0.15, 0.2) is 0 Å². The number of halogens is 1. The first-order valence-electron chi connectivity index (χ1n) is 6.59. The molecular weight excluding hydrogens is 360 g/mol. The van der Waals surface area contributed by atoms with Gasteiger partial charge in [-0.2, -0.15) is 10.4 Å². The van der Waals surface area contributed by atoms with E-state index in [2.05, 4.69) is 32.5 Å². The number of primary amides is 1. The average molecular weight is 373 g/mol. The Morgan fingerprint density at radius 3 is 2.87 bits per heavy atom. The normalized spacial score (nSPS) is 10.3. The minimum Gasteiger partial charge on any atom is -0.488 e. The fourth-order valence-electron chi connectivity index (χ4n) is 1.80. The Morgan fingerprint density at radius 1 is 1.39 bits per heavy atom. The molecule has 116 valence electrons. The van der Waals surface area contributed by atoms with Crippen LogP contribution >= 0.6 is 15.9 Å². The molecule has 2 rings (SSSR count). The van der Waals surface area contributed by atoms with E-state index in [0.29, 0.717) is 17.9 Å². The summed E-state index contributed by atoms with van der Waals surface area (Å²) >= 11 is 3.41. The summed E-state index contributed by atoms with van der Waals surface area (Å²) in [6.45, 7) is 0.291. The first kappa shape index (κ1) is 16.5. The molecule has 0 aliphatic heterocycles. The molecule has 23 heavy (non-hydrogen) atoms. The van der Waals surface area contributed by atoms with E-state index in [-0.39, 0.29) is 0 Å². The number of hydrogen-bond donors (Lipinski definition) is 2. The highest BCUT2D eigenvalue weighted by Gasteiger charge is 2.05. The van der Waals surface area contributed by atoms with E-state index in [1.54, 1.807) is 24.3 Å². The van der Waals surface area contributed by atoms with Gasteiger partial charge in [-0.25, -0.2) is 10.2 Å². The number of carbonyl (C=O) groups is 1. The number of nitrogens with zero attached hydrogens (tertiary/aromatic N) is 2. The van der Waals surface area contributed by atoms with E-state index in [9.17, 15) is 4.79 Å². The van der Waals surface area contributed by atoms with Gasteiger partial charge in [0.25, 0.3) is 0 Å². The molecule has 0 aliphatic rings. The number of hydrazone groups is 1. The minimum atomic E-state index is -0.726. The summed E-state index contributed by atoms with van der Waals surface area (Å²) in [5.74, 6) is 0.637. The Labute approximate surface area is 141 Å². The number of nitrogens with one attached hydrogen (secondary N) is 1. The van der Waals surface area contributed by atoms with Crippen LogP contribution in [0, 0.1) is 11.3 Å². The third-order valence-electron chi connectivity index (χ3n) is 2.87. The van der Waals surface area contributed by atoms with Crippen LogP contribution in [0.1, 0.15) is 16.7 Å². The van der Waals surface area contributed by atoms with Crippen LogP contribution in [-0.2, 0) is 6.61 Å². The van der Waals surface area contributed by atoms with Crippen molar-refractivity contribution < 1.29 is 9.53 Å². The molecule has 0 radical (unpaired) electrons. The van der Waals surface area contributed by atoms with Crippen LogP contribution in [0.3, 0.4) is 0 Å². The topological polar surface area (TPSA) is 100 Å². The highest BCUT2D eigenvalue weighted by atomic mass is 79.9. The standard InChI is InChI=1S/C16H13BrN4O2/c17-14-7-11(9-20-21-16(19)22)5-6-15(14)23-10-13-4-2-1-3-12(13)8-18/h1-7,9H,10H2,(H3,19,21,22)/b20-9-. The van der Waals surface area contributed by atoms with Crippen LogP contribution in [0.25, 0.3) is 0 Å². The summed E-state index contributed by atoms with van der Waals surface area (Å²) < 4.78 is 6.46. The van der Waals surface area contributed by atoms with Gasteiger partial charge >= 0.3 is 6.03 Å². The lowest BCUT2D eigenvalue weighted by Crippen LogP contribution is -2.24. The van der Waals surface area contributed by atoms with Crippen molar-refractivity contribution in [1.82, 2.24) is 5.43 Å². The van der Waals surface area contributed by atoms with Crippen molar-refractivity contribution in [3.63, 3.8) is 0 Å². The van der Waals surface area contributed by atoms with Crippen molar-refractivity contribution in [1.29, 1.82) is 5.26 Å². The predicted octanol–water partition coefficient (Wildman–Crippen LogP) is 2.90. The van der Waals surface area contributed by atoms with Gasteiger partial charge in [-0.3, -0.25) is 0 Å². The molecule has 0 saturated carbocycles. The van der Waals surface area contributed by atoms with Gasteiger partial charge < -0.3 is 10.5 Å². The van der Waals surface area contributed by atoms with Crippen molar-refractivity contribution in [2.24, 2.45) is 10.8 Å². The SMILES string of the molecule is N#Cc1ccccc1COc1ccc(/C=N\NC(N)=O)cc1Br. The Kier molecular flexibility index (Phi) is 5.72. The van der Waals surface area contributed by atoms with Crippen molar-refractivity contribution in [2.75, 3.05) is 0 Å². The largest absolute Gasteiger partial charge is 0.488 e. The molecule has 6 nitrogen and oxygen atoms in total. The maximum Gasteiger partial charge on any atom is 0.332 e. The number of nitriles is 1. The summed E-state index contributed by atoms with van der Waals surface area (Å²) in [4.78, 5) is 10.5. The third-order valence-corrected chi connectivity index (χ3v) is 3.48. The lowest BCUT2D eigenvalue weighted by Gasteiger charge is -2.09. The maximum absolute atomic E-state index is 10.5. The first-order valence-corrected chi connectivity index (χ1v) is 7.38. The van der Waals surface area contributed by atoms with Gasteiger partial charge in [-0.1, -0.05) is 18.2 Å². The van der Waals surface area contributed by atoms with Crippen molar-refractivity contribution >= 4 is 28.2 Å². The van der Waals surface area contributed by atoms with Crippen molar-refractivity contribution in [3.8, 4) is 11.8 Å². The second-order valence-electron chi connectivity index (χ2n) is 4.48. The van der Waals surface area contributed by atoms with Crippen LogP contribution in [0.2, 0.25) is 0 Å². The maximum atomic E-state index is 10.5. The summed E-state index contributed by atoms with van der Waals surface area (Å²) in [5.41, 5.74) is 9.20. The number of rotatable bonds is 5. The number of carbonyl (C=O) groups excluding carboxylic acids is 1. The monoisotopic (exact) mass is 372 g/mol. The molecule has 0 heterocycles. The molecule has 0 aromatic heterocycles. The molecule has 0 bridgehead atoms. The third kappa shape index (κ3) is 4.83. The van der Waals surface area contributed by atoms with Gasteiger partial charge in [0.05, 0.1) is 22.3 Å². The molecule has 3 N–H and O–H groups in total. The van der Waals surface area contributed by atoms with Crippen LogP contribution in [0.4, 0.5) is 4.79 Å². The number of urea groups is 1. The summed E-state index contributed by atoms with van der Waals surface area (Å²) in [7, 11) is 0. The van der Waals surface area contributed by atoms with E-state index >= 15 is 0 Å². The molecule has 0 saturated heterocycles. The smallest absolute Gasteiger partial charge is 0.332 e. The zero-order chi connectivity index (χ0) is 16.7. The molecule has 2 aromatic rings. The Balaban J connectivity index is 2.05. The van der Waals surface area contributed by atoms with Crippen LogP contribution < -0.4 is 15.9 Å². The van der Waals surface area contributed by atoms with E-state index in [1.165, 1.54) is 6.21 Å². The summed E-state index contributed by atoms with van der Waals surface area (Å²) in [6.07, 6.45) is 1.46. The van der Waals surface area contributed by atoms with Gasteiger partial charge in [0.2, 0.25) is 0 Å². The fourth-order valence-corrected chi connectivity index (χ4v) is 2.31. The highest BCUT2D eigenvalue weighted by Crippen LogP contribution is 2.26. The molecule has 2 amide bonds. The Morgan fingerprint density at radius 2 is 2.17 bits per heavy atom. The number of nitrogens with two attached hydrogens (primary N) is 1. The quantitative estimate of drug-likeness (QED) is 0.623. The lowest BCUT2D eigenvalue weighted by molar-refractivity contribution is 0.249. The fraction of sp³-hybridized carbons (Fsp3) is 0.0625. The van der Waals surface area contributed by atoms with Crippen LogP contribution in [0.15, 0.2) is 52.0 Å². The van der Waals surface area contributed by atoms with E-state index in [1.807, 2.05) is 18.2 Å². The molecule has 0 unspecified atom stereocenters. The van der Waals surface area contributed by atoms with Crippen molar-refractivity contribution in [2.45, 2.75) is 6.61 Å². The zero-order valence-corrected chi connectivity index (χ0v) is 13.6. The van der Waals surface area contributed by atoms with E-state index in [0.717, 1.165) is 15.6 Å². The predicted molar refractivity (Wildman–Crippen MR) is 89.9 cm³/mol. The van der Waals surface area contributed by atoms with Gasteiger partial charge in [-0.15, -0.1) is 0 Å². The van der Waals surface area contributed by atoms with Gasteiger partial charge in [0, 0.05) is 5.56 Å². The highest BCUT2D eigenvalue weighted by molar-refractivity contribution is 9.10. The van der Waals surface area contributed by atoms with Crippen molar-refractivity contribution in [3.05, 3.63) is 63.6 Å². The van der Waals surface area contributed by atoms with Crippen LogP contribution in [-0.4, -0.2) is 12.2 Å². The molecular formula is C16H13BrN4O2. The summed E-state index contributed by atoms with van der Waals surface area (Å²) in [6, 6.07) is 14.0. The van der Waals surface area contributed by atoms with E-state index < -0.39 is 6.03 Å².